The average Bonchev–Trinajstić information content (AvgIpc) is 2.62. The molecule has 1 heteroatoms. The number of hydrogen-bond donors (Lipinski definition) is 0. The van der Waals surface area contributed by atoms with E-state index in [2.05, 4.69) is 12.6 Å². The van der Waals surface area contributed by atoms with Gasteiger partial charge in [0, 0.05) is 5.56 Å². The van der Waals surface area contributed by atoms with Gasteiger partial charge in [-0.3, -0.25) is 4.79 Å². The highest BCUT2D eigenvalue weighted by Gasteiger charge is 2.11. The zero-order chi connectivity index (χ0) is 15.4. The van der Waals surface area contributed by atoms with Gasteiger partial charge >= 0.3 is 0 Å². The van der Waals surface area contributed by atoms with E-state index in [0.717, 1.165) is 34.1 Å². The fraction of sp³-hybridized carbons (Fsp3) is 0. The summed E-state index contributed by atoms with van der Waals surface area (Å²) in [5.41, 5.74) is 5.78. The van der Waals surface area contributed by atoms with E-state index in [1.165, 1.54) is 0 Å². The molecule has 3 aromatic carbocycles. The van der Waals surface area contributed by atoms with Gasteiger partial charge in [-0.25, -0.2) is 0 Å². The van der Waals surface area contributed by atoms with Gasteiger partial charge in [0.15, 0.2) is 6.29 Å². The Morgan fingerprint density at radius 3 is 1.86 bits per heavy atom. The molecule has 0 unspecified atom stereocenters. The third-order valence-electron chi connectivity index (χ3n) is 3.74. The van der Waals surface area contributed by atoms with Gasteiger partial charge in [-0.2, -0.15) is 0 Å². The summed E-state index contributed by atoms with van der Waals surface area (Å²) >= 11 is 0. The van der Waals surface area contributed by atoms with Crippen LogP contribution in [-0.4, -0.2) is 6.29 Å². The summed E-state index contributed by atoms with van der Waals surface area (Å²) in [4.78, 5) is 11.5. The van der Waals surface area contributed by atoms with Crippen molar-refractivity contribution in [3.63, 3.8) is 0 Å². The SMILES string of the molecule is C=Cc1c(C=O)cc(-c2ccccc2)cc1-c1ccccc1. The lowest BCUT2D eigenvalue weighted by atomic mass is 9.91. The van der Waals surface area contributed by atoms with Crippen LogP contribution in [0.15, 0.2) is 79.4 Å². The van der Waals surface area contributed by atoms with Gasteiger partial charge in [0.2, 0.25) is 0 Å². The molecular weight excluding hydrogens is 268 g/mol. The molecular formula is C21H16O. The number of benzene rings is 3. The standard InChI is InChI=1S/C21H16O/c1-2-20-19(15-22)13-18(16-9-5-3-6-10-16)14-21(20)17-11-7-4-8-12-17/h2-15H,1H2. The highest BCUT2D eigenvalue weighted by Crippen LogP contribution is 2.32. The van der Waals surface area contributed by atoms with Crippen LogP contribution in [0.2, 0.25) is 0 Å². The monoisotopic (exact) mass is 284 g/mol. The number of hydrogen-bond acceptors (Lipinski definition) is 1. The number of rotatable bonds is 4. The zero-order valence-electron chi connectivity index (χ0n) is 12.2. The molecule has 0 heterocycles. The van der Waals surface area contributed by atoms with E-state index in [1.807, 2.05) is 66.7 Å². The van der Waals surface area contributed by atoms with Crippen molar-refractivity contribution in [2.75, 3.05) is 0 Å². The van der Waals surface area contributed by atoms with E-state index in [-0.39, 0.29) is 0 Å². The molecule has 1 nitrogen and oxygen atoms in total. The van der Waals surface area contributed by atoms with Crippen molar-refractivity contribution in [1.29, 1.82) is 0 Å². The average molecular weight is 284 g/mol. The third-order valence-corrected chi connectivity index (χ3v) is 3.74. The third kappa shape index (κ3) is 2.61. The molecule has 106 valence electrons. The maximum absolute atomic E-state index is 11.5. The van der Waals surface area contributed by atoms with Crippen LogP contribution in [-0.2, 0) is 0 Å². The summed E-state index contributed by atoms with van der Waals surface area (Å²) in [6.07, 6.45) is 2.65. The quantitative estimate of drug-likeness (QED) is 0.580. The van der Waals surface area contributed by atoms with Gasteiger partial charge in [0.25, 0.3) is 0 Å². The molecule has 0 N–H and O–H groups in total. The summed E-state index contributed by atoms with van der Waals surface area (Å²) in [7, 11) is 0. The lowest BCUT2D eigenvalue weighted by Crippen LogP contribution is -1.93. The molecule has 3 rings (SSSR count). The first-order chi connectivity index (χ1) is 10.8. The van der Waals surface area contributed by atoms with Gasteiger partial charge in [0.1, 0.15) is 0 Å². The molecule has 0 aliphatic rings. The van der Waals surface area contributed by atoms with Gasteiger partial charge in [-0.15, -0.1) is 0 Å². The zero-order valence-corrected chi connectivity index (χ0v) is 12.2. The van der Waals surface area contributed by atoms with E-state index >= 15 is 0 Å². The molecule has 0 fully saturated rings. The van der Waals surface area contributed by atoms with E-state index in [9.17, 15) is 4.79 Å². The van der Waals surface area contributed by atoms with Gasteiger partial charge in [-0.05, 0) is 39.9 Å². The topological polar surface area (TPSA) is 17.1 Å². The number of aldehydes is 1. The van der Waals surface area contributed by atoms with Crippen molar-refractivity contribution in [1.82, 2.24) is 0 Å². The predicted molar refractivity (Wildman–Crippen MR) is 92.8 cm³/mol. The Bertz CT molecular complexity index is 802. The second-order valence-corrected chi connectivity index (χ2v) is 5.08. The first kappa shape index (κ1) is 14.0. The van der Waals surface area contributed by atoms with E-state index < -0.39 is 0 Å². The lowest BCUT2D eigenvalue weighted by molar-refractivity contribution is 0.112. The summed E-state index contributed by atoms with van der Waals surface area (Å²) in [5, 5.41) is 0. The Morgan fingerprint density at radius 2 is 1.32 bits per heavy atom. The summed E-state index contributed by atoms with van der Waals surface area (Å²) in [6, 6.07) is 24.2. The molecule has 0 atom stereocenters. The van der Waals surface area contributed by atoms with E-state index in [1.54, 1.807) is 6.08 Å². The molecule has 3 aromatic rings. The normalized spacial score (nSPS) is 10.2. The van der Waals surface area contributed by atoms with Crippen molar-refractivity contribution >= 4 is 12.4 Å². The van der Waals surface area contributed by atoms with Crippen molar-refractivity contribution in [3.05, 3.63) is 90.5 Å². The summed E-state index contributed by atoms with van der Waals surface area (Å²) in [6.45, 7) is 3.87. The minimum absolute atomic E-state index is 0.662. The highest BCUT2D eigenvalue weighted by atomic mass is 16.1. The molecule has 0 amide bonds. The first-order valence-electron chi connectivity index (χ1n) is 7.20. The fourth-order valence-corrected chi connectivity index (χ4v) is 2.65. The van der Waals surface area contributed by atoms with Crippen LogP contribution in [0.4, 0.5) is 0 Å². The first-order valence-corrected chi connectivity index (χ1v) is 7.20. The van der Waals surface area contributed by atoms with Gasteiger partial charge in [0.05, 0.1) is 0 Å². The molecule has 0 saturated heterocycles. The Labute approximate surface area is 130 Å². The fourth-order valence-electron chi connectivity index (χ4n) is 2.65. The molecule has 22 heavy (non-hydrogen) atoms. The van der Waals surface area contributed by atoms with E-state index in [4.69, 9.17) is 0 Å². The van der Waals surface area contributed by atoms with Crippen molar-refractivity contribution in [3.8, 4) is 22.3 Å². The maximum atomic E-state index is 11.5. The number of carbonyl (C=O) groups excluding carboxylic acids is 1. The predicted octanol–water partition coefficient (Wildman–Crippen LogP) is 5.48. The van der Waals surface area contributed by atoms with Gasteiger partial charge in [-0.1, -0.05) is 73.3 Å². The number of carbonyl (C=O) groups is 1. The smallest absolute Gasteiger partial charge is 0.150 e. The van der Waals surface area contributed by atoms with Crippen LogP contribution in [0.1, 0.15) is 15.9 Å². The minimum atomic E-state index is 0.662. The highest BCUT2D eigenvalue weighted by molar-refractivity contribution is 5.92. The van der Waals surface area contributed by atoms with E-state index in [0.29, 0.717) is 5.56 Å². The molecule has 0 aliphatic carbocycles. The Hall–Kier alpha value is -2.93. The molecule has 0 radical (unpaired) electrons. The Kier molecular flexibility index (Phi) is 3.97. The second kappa shape index (κ2) is 6.23. The van der Waals surface area contributed by atoms with Crippen molar-refractivity contribution < 1.29 is 4.79 Å². The van der Waals surface area contributed by atoms with Crippen LogP contribution in [0, 0.1) is 0 Å². The summed E-state index contributed by atoms with van der Waals surface area (Å²) in [5.74, 6) is 0. The molecule has 0 spiro atoms. The van der Waals surface area contributed by atoms with Crippen molar-refractivity contribution in [2.24, 2.45) is 0 Å². The second-order valence-electron chi connectivity index (χ2n) is 5.08. The molecule has 0 saturated carbocycles. The molecule has 0 bridgehead atoms. The van der Waals surface area contributed by atoms with Gasteiger partial charge < -0.3 is 0 Å². The van der Waals surface area contributed by atoms with Crippen LogP contribution in [0.25, 0.3) is 28.3 Å². The van der Waals surface area contributed by atoms with Crippen LogP contribution in [0.3, 0.4) is 0 Å². The summed E-state index contributed by atoms with van der Waals surface area (Å²) < 4.78 is 0. The Morgan fingerprint density at radius 1 is 0.727 bits per heavy atom. The molecule has 0 aliphatic heterocycles. The van der Waals surface area contributed by atoms with Crippen LogP contribution >= 0.6 is 0 Å². The van der Waals surface area contributed by atoms with Crippen molar-refractivity contribution in [2.45, 2.75) is 0 Å². The Balaban J connectivity index is 2.28. The van der Waals surface area contributed by atoms with Crippen LogP contribution < -0.4 is 0 Å². The van der Waals surface area contributed by atoms with Crippen LogP contribution in [0.5, 0.6) is 0 Å². The largest absolute Gasteiger partial charge is 0.298 e. The lowest BCUT2D eigenvalue weighted by Gasteiger charge is -2.12. The maximum Gasteiger partial charge on any atom is 0.150 e. The minimum Gasteiger partial charge on any atom is -0.298 e. The molecule has 0 aromatic heterocycles.